The Hall–Kier alpha value is -0.990. The predicted molar refractivity (Wildman–Crippen MR) is 58.4 cm³/mol. The first kappa shape index (κ1) is 9.56. The van der Waals surface area contributed by atoms with Crippen molar-refractivity contribution in [2.24, 2.45) is 11.3 Å². The molecule has 0 amide bonds. The molecule has 1 N–H and O–H groups in total. The monoisotopic (exact) mass is 193 g/mol. The Morgan fingerprint density at radius 1 is 1.50 bits per heavy atom. The van der Waals surface area contributed by atoms with Crippen molar-refractivity contribution in [3.8, 4) is 0 Å². The maximum absolute atomic E-state index is 4.47. The van der Waals surface area contributed by atoms with Crippen LogP contribution in [0.4, 0.5) is 5.82 Å². The lowest BCUT2D eigenvalue weighted by atomic mass is 9.80. The molecule has 3 nitrogen and oxygen atoms in total. The van der Waals surface area contributed by atoms with Crippen LogP contribution in [0.2, 0.25) is 0 Å². The van der Waals surface area contributed by atoms with Crippen LogP contribution in [0.3, 0.4) is 0 Å². The molecule has 78 valence electrons. The van der Waals surface area contributed by atoms with E-state index in [4.69, 9.17) is 0 Å². The summed E-state index contributed by atoms with van der Waals surface area (Å²) in [7, 11) is 0. The van der Waals surface area contributed by atoms with Crippen LogP contribution in [-0.4, -0.2) is 16.3 Å². The maximum Gasteiger partial charge on any atom is 0.124 e. The van der Waals surface area contributed by atoms with Gasteiger partial charge in [0.15, 0.2) is 0 Å². The van der Waals surface area contributed by atoms with E-state index >= 15 is 0 Å². The summed E-state index contributed by atoms with van der Waals surface area (Å²) in [6.45, 7) is 11.0. The minimum Gasteiger partial charge on any atom is -0.370 e. The van der Waals surface area contributed by atoms with Crippen LogP contribution in [0.1, 0.15) is 26.5 Å². The molecule has 1 aromatic heterocycles. The molecule has 1 aromatic rings. The molecule has 3 heteroatoms. The molecule has 1 aliphatic heterocycles. The fraction of sp³-hybridized carbons (Fsp3) is 0.727. The molecule has 0 aromatic carbocycles. The molecule has 1 unspecified atom stereocenters. The van der Waals surface area contributed by atoms with Crippen LogP contribution in [-0.2, 0) is 6.54 Å². The van der Waals surface area contributed by atoms with Gasteiger partial charge in [-0.2, -0.15) is 5.10 Å². The second-order valence-electron chi connectivity index (χ2n) is 5.30. The van der Waals surface area contributed by atoms with Crippen molar-refractivity contribution in [1.82, 2.24) is 9.78 Å². The van der Waals surface area contributed by atoms with E-state index in [1.54, 1.807) is 0 Å². The average Bonchev–Trinajstić information content (AvgIpc) is 2.41. The summed E-state index contributed by atoms with van der Waals surface area (Å²) in [5.41, 5.74) is 1.45. The van der Waals surface area contributed by atoms with E-state index in [9.17, 15) is 0 Å². The van der Waals surface area contributed by atoms with Gasteiger partial charge in [-0.05, 0) is 12.3 Å². The van der Waals surface area contributed by atoms with Gasteiger partial charge in [-0.15, -0.1) is 0 Å². The van der Waals surface area contributed by atoms with Crippen LogP contribution in [0.15, 0.2) is 6.07 Å². The number of anilines is 1. The molecule has 0 spiro atoms. The number of hydrogen-bond acceptors (Lipinski definition) is 2. The van der Waals surface area contributed by atoms with Gasteiger partial charge < -0.3 is 5.32 Å². The predicted octanol–water partition coefficient (Wildman–Crippen LogP) is 2.28. The van der Waals surface area contributed by atoms with E-state index in [0.29, 0.717) is 11.3 Å². The van der Waals surface area contributed by atoms with Gasteiger partial charge in [0.05, 0.1) is 5.69 Å². The van der Waals surface area contributed by atoms with Crippen LogP contribution in [0, 0.1) is 18.3 Å². The first-order valence-electron chi connectivity index (χ1n) is 5.25. The second-order valence-corrected chi connectivity index (χ2v) is 5.30. The number of fused-ring (bicyclic) bond motifs is 1. The van der Waals surface area contributed by atoms with Gasteiger partial charge >= 0.3 is 0 Å². The van der Waals surface area contributed by atoms with E-state index in [1.165, 1.54) is 5.82 Å². The zero-order chi connectivity index (χ0) is 10.3. The highest BCUT2D eigenvalue weighted by molar-refractivity contribution is 5.38. The normalized spacial score (nSPS) is 21.6. The van der Waals surface area contributed by atoms with Gasteiger partial charge in [0.25, 0.3) is 0 Å². The van der Waals surface area contributed by atoms with Crippen molar-refractivity contribution in [1.29, 1.82) is 0 Å². The summed E-state index contributed by atoms with van der Waals surface area (Å²) in [6, 6.07) is 2.11. The third kappa shape index (κ3) is 1.63. The van der Waals surface area contributed by atoms with Crippen molar-refractivity contribution in [3.63, 3.8) is 0 Å². The van der Waals surface area contributed by atoms with E-state index in [0.717, 1.165) is 18.8 Å². The summed E-state index contributed by atoms with van der Waals surface area (Å²) in [5.74, 6) is 1.83. The number of hydrogen-bond donors (Lipinski definition) is 1. The van der Waals surface area contributed by atoms with Crippen molar-refractivity contribution in [2.75, 3.05) is 11.9 Å². The molecule has 0 fully saturated rings. The standard InChI is InChI=1S/C11H19N3/c1-8-5-10-12-6-9(11(2,3)4)7-14(10)13-8/h5,9,12H,6-7H2,1-4H3. The number of nitrogens with one attached hydrogen (secondary N) is 1. The Morgan fingerprint density at radius 3 is 2.86 bits per heavy atom. The topological polar surface area (TPSA) is 29.9 Å². The van der Waals surface area contributed by atoms with E-state index in [1.807, 2.05) is 6.92 Å². The van der Waals surface area contributed by atoms with Crippen molar-refractivity contribution >= 4 is 5.82 Å². The summed E-state index contributed by atoms with van der Waals surface area (Å²) < 4.78 is 2.09. The molecule has 0 saturated carbocycles. The van der Waals surface area contributed by atoms with Gasteiger partial charge in [-0.3, -0.25) is 0 Å². The van der Waals surface area contributed by atoms with Crippen LogP contribution in [0.25, 0.3) is 0 Å². The van der Waals surface area contributed by atoms with Crippen molar-refractivity contribution < 1.29 is 0 Å². The molecule has 2 rings (SSSR count). The number of nitrogens with zero attached hydrogens (tertiary/aromatic N) is 2. The zero-order valence-corrected chi connectivity index (χ0v) is 9.46. The summed E-state index contributed by atoms with van der Waals surface area (Å²) in [6.07, 6.45) is 0. The van der Waals surface area contributed by atoms with Crippen LogP contribution in [0.5, 0.6) is 0 Å². The molecule has 0 aliphatic carbocycles. The quantitative estimate of drug-likeness (QED) is 0.685. The Labute approximate surface area is 85.5 Å². The zero-order valence-electron chi connectivity index (χ0n) is 9.46. The van der Waals surface area contributed by atoms with Gasteiger partial charge in [-0.1, -0.05) is 20.8 Å². The van der Waals surface area contributed by atoms with Gasteiger partial charge in [0.2, 0.25) is 0 Å². The Bertz CT molecular complexity index is 333. The molecule has 1 atom stereocenters. The SMILES string of the molecule is Cc1cc2n(n1)CC(C(C)(C)C)CN2. The lowest BCUT2D eigenvalue weighted by Gasteiger charge is -2.34. The molecule has 14 heavy (non-hydrogen) atoms. The first-order valence-corrected chi connectivity index (χ1v) is 5.25. The lowest BCUT2D eigenvalue weighted by Crippen LogP contribution is -2.36. The van der Waals surface area contributed by atoms with E-state index in [-0.39, 0.29) is 0 Å². The Morgan fingerprint density at radius 2 is 2.21 bits per heavy atom. The molecule has 0 saturated heterocycles. The summed E-state index contributed by atoms with van der Waals surface area (Å²) in [4.78, 5) is 0. The van der Waals surface area contributed by atoms with Gasteiger partial charge in [0, 0.05) is 25.1 Å². The van der Waals surface area contributed by atoms with E-state index in [2.05, 4.69) is 41.9 Å². The largest absolute Gasteiger partial charge is 0.370 e. The Kier molecular flexibility index (Phi) is 2.05. The van der Waals surface area contributed by atoms with Crippen LogP contribution >= 0.6 is 0 Å². The molecular formula is C11H19N3. The number of rotatable bonds is 0. The lowest BCUT2D eigenvalue weighted by molar-refractivity contribution is 0.209. The highest BCUT2D eigenvalue weighted by atomic mass is 15.3. The highest BCUT2D eigenvalue weighted by Crippen LogP contribution is 2.31. The second kappa shape index (κ2) is 3.01. The minimum absolute atomic E-state index is 0.352. The molecule has 2 heterocycles. The molecule has 0 bridgehead atoms. The molecular weight excluding hydrogens is 174 g/mol. The third-order valence-electron chi connectivity index (χ3n) is 3.05. The van der Waals surface area contributed by atoms with Gasteiger partial charge in [0.1, 0.15) is 5.82 Å². The van der Waals surface area contributed by atoms with E-state index < -0.39 is 0 Å². The fourth-order valence-corrected chi connectivity index (χ4v) is 1.91. The fourth-order valence-electron chi connectivity index (χ4n) is 1.91. The highest BCUT2D eigenvalue weighted by Gasteiger charge is 2.29. The van der Waals surface area contributed by atoms with Crippen LogP contribution < -0.4 is 5.32 Å². The third-order valence-corrected chi connectivity index (χ3v) is 3.05. The number of aromatic nitrogens is 2. The smallest absolute Gasteiger partial charge is 0.124 e. The van der Waals surface area contributed by atoms with Gasteiger partial charge in [-0.25, -0.2) is 4.68 Å². The average molecular weight is 193 g/mol. The summed E-state index contributed by atoms with van der Waals surface area (Å²) in [5, 5.41) is 7.91. The molecule has 0 radical (unpaired) electrons. The number of aryl methyl sites for hydroxylation is 1. The first-order chi connectivity index (χ1) is 6.47. The maximum atomic E-state index is 4.47. The minimum atomic E-state index is 0.352. The van der Waals surface area contributed by atoms with Crippen molar-refractivity contribution in [3.05, 3.63) is 11.8 Å². The molecule has 1 aliphatic rings. The summed E-state index contributed by atoms with van der Waals surface area (Å²) >= 11 is 0. The van der Waals surface area contributed by atoms with Crippen molar-refractivity contribution in [2.45, 2.75) is 34.2 Å². The Balaban J connectivity index is 2.21.